The Morgan fingerprint density at radius 1 is 1.33 bits per heavy atom. The average Bonchev–Trinajstić information content (AvgIpc) is 2.40. The zero-order valence-electron chi connectivity index (χ0n) is 4.58. The fraction of sp³-hybridized carbons (Fsp3) is 1.00. The average molecular weight is 250 g/mol. The van der Waals surface area contributed by atoms with E-state index in [1.54, 1.807) is 0 Å². The Kier molecular flexibility index (Phi) is 1.94. The number of hydrogen-bond acceptors (Lipinski definition) is 0. The second-order valence-corrected chi connectivity index (χ2v) is 3.62. The predicted octanol–water partition coefficient (Wildman–Crippen LogP) is 2.76. The number of alkyl halides is 4. The molecule has 0 heterocycles. The molecule has 0 aliphatic heterocycles. The van der Waals surface area contributed by atoms with E-state index in [-0.39, 0.29) is 5.92 Å². The van der Waals surface area contributed by atoms with Gasteiger partial charge in [-0.2, -0.15) is 13.2 Å². The molecule has 0 bridgehead atoms. The van der Waals surface area contributed by atoms with Crippen molar-refractivity contribution in [1.82, 2.24) is 0 Å². The van der Waals surface area contributed by atoms with E-state index in [2.05, 4.69) is 0 Å². The summed E-state index contributed by atoms with van der Waals surface area (Å²) in [7, 11) is 0. The first-order chi connectivity index (χ1) is 4.02. The summed E-state index contributed by atoms with van der Waals surface area (Å²) in [5.74, 6) is -0.0781. The maximum Gasteiger partial charge on any atom is 0.400 e. The topological polar surface area (TPSA) is 0 Å². The van der Waals surface area contributed by atoms with Crippen LogP contribution in [0, 0.1) is 5.92 Å². The van der Waals surface area contributed by atoms with Crippen molar-refractivity contribution in [3.8, 4) is 0 Å². The molecule has 0 saturated heterocycles. The standard InChI is InChI=1S/C5H6F3I/c6-5(7,8)4(9)3-1-2-3/h3-4H,1-2H2/t4-/m0/s1. The van der Waals surface area contributed by atoms with E-state index in [0.29, 0.717) is 0 Å². The molecule has 0 aromatic rings. The molecule has 4 heteroatoms. The molecule has 1 saturated carbocycles. The number of halogens is 4. The van der Waals surface area contributed by atoms with Crippen molar-refractivity contribution in [2.45, 2.75) is 22.9 Å². The largest absolute Gasteiger partial charge is 0.400 e. The molecule has 0 radical (unpaired) electrons. The van der Waals surface area contributed by atoms with Gasteiger partial charge < -0.3 is 0 Å². The van der Waals surface area contributed by atoms with Crippen molar-refractivity contribution in [3.63, 3.8) is 0 Å². The lowest BCUT2D eigenvalue weighted by molar-refractivity contribution is -0.128. The third-order valence-corrected chi connectivity index (χ3v) is 3.07. The highest BCUT2D eigenvalue weighted by atomic mass is 127. The number of rotatable bonds is 1. The summed E-state index contributed by atoms with van der Waals surface area (Å²) in [5, 5.41) is 0. The van der Waals surface area contributed by atoms with Gasteiger partial charge in [0.1, 0.15) is 3.92 Å². The maximum atomic E-state index is 11.7. The van der Waals surface area contributed by atoms with Gasteiger partial charge in [-0.1, -0.05) is 22.6 Å². The first-order valence-corrected chi connectivity index (χ1v) is 3.97. The highest BCUT2D eigenvalue weighted by molar-refractivity contribution is 14.1. The van der Waals surface area contributed by atoms with Gasteiger partial charge >= 0.3 is 6.18 Å². The monoisotopic (exact) mass is 250 g/mol. The van der Waals surface area contributed by atoms with Crippen molar-refractivity contribution in [1.29, 1.82) is 0 Å². The molecular formula is C5H6F3I. The van der Waals surface area contributed by atoms with Crippen molar-refractivity contribution in [3.05, 3.63) is 0 Å². The summed E-state index contributed by atoms with van der Waals surface area (Å²) >= 11 is 1.48. The SMILES string of the molecule is FC(F)(F)[C@@H](I)C1CC1. The van der Waals surface area contributed by atoms with E-state index >= 15 is 0 Å². The molecule has 1 fully saturated rings. The minimum absolute atomic E-state index is 0.0781. The van der Waals surface area contributed by atoms with Crippen LogP contribution >= 0.6 is 22.6 Å². The van der Waals surface area contributed by atoms with Crippen LogP contribution in [-0.4, -0.2) is 10.1 Å². The summed E-state index contributed by atoms with van der Waals surface area (Å²) in [5.41, 5.74) is 0. The van der Waals surface area contributed by atoms with Gasteiger partial charge in [0, 0.05) is 0 Å². The van der Waals surface area contributed by atoms with Crippen LogP contribution in [-0.2, 0) is 0 Å². The van der Waals surface area contributed by atoms with Gasteiger partial charge in [-0.05, 0) is 18.8 Å². The first-order valence-electron chi connectivity index (χ1n) is 2.72. The molecule has 0 N–H and O–H groups in total. The molecule has 9 heavy (non-hydrogen) atoms. The van der Waals surface area contributed by atoms with Gasteiger partial charge in [0.25, 0.3) is 0 Å². The highest BCUT2D eigenvalue weighted by Gasteiger charge is 2.46. The Labute approximate surface area is 65.0 Å². The van der Waals surface area contributed by atoms with E-state index < -0.39 is 10.1 Å². The highest BCUT2D eigenvalue weighted by Crippen LogP contribution is 2.44. The molecule has 0 spiro atoms. The van der Waals surface area contributed by atoms with Gasteiger partial charge in [0.05, 0.1) is 0 Å². The van der Waals surface area contributed by atoms with Crippen molar-refractivity contribution >= 4 is 22.6 Å². The van der Waals surface area contributed by atoms with Gasteiger partial charge in [-0.3, -0.25) is 0 Å². The molecule has 1 rings (SSSR count). The lowest BCUT2D eigenvalue weighted by Gasteiger charge is -2.11. The summed E-state index contributed by atoms with van der Waals surface area (Å²) in [6.45, 7) is 0. The molecule has 0 nitrogen and oxygen atoms in total. The van der Waals surface area contributed by atoms with Gasteiger partial charge in [0.2, 0.25) is 0 Å². The van der Waals surface area contributed by atoms with Crippen LogP contribution in [0.4, 0.5) is 13.2 Å². The van der Waals surface area contributed by atoms with E-state index in [0.717, 1.165) is 12.8 Å². The van der Waals surface area contributed by atoms with Gasteiger partial charge in [0.15, 0.2) is 0 Å². The Bertz CT molecular complexity index is 105. The fourth-order valence-electron chi connectivity index (χ4n) is 0.656. The Hall–Kier alpha value is 0.520. The molecule has 1 aliphatic rings. The molecule has 54 valence electrons. The molecule has 0 aromatic carbocycles. The van der Waals surface area contributed by atoms with Gasteiger partial charge in [-0.15, -0.1) is 0 Å². The van der Waals surface area contributed by atoms with Crippen molar-refractivity contribution in [2.24, 2.45) is 5.92 Å². The maximum absolute atomic E-state index is 11.7. The summed E-state index contributed by atoms with van der Waals surface area (Å²) in [4.78, 5) is 0. The smallest absolute Gasteiger partial charge is 0.170 e. The van der Waals surface area contributed by atoms with Crippen molar-refractivity contribution < 1.29 is 13.2 Å². The second-order valence-electron chi connectivity index (χ2n) is 2.28. The minimum atomic E-state index is -3.97. The van der Waals surface area contributed by atoms with E-state index in [4.69, 9.17) is 0 Å². The Morgan fingerprint density at radius 2 is 1.78 bits per heavy atom. The van der Waals surface area contributed by atoms with E-state index in [9.17, 15) is 13.2 Å². The Balaban J connectivity index is 2.40. The van der Waals surface area contributed by atoms with Crippen molar-refractivity contribution in [2.75, 3.05) is 0 Å². The van der Waals surface area contributed by atoms with Crippen LogP contribution in [0.15, 0.2) is 0 Å². The quantitative estimate of drug-likeness (QED) is 0.495. The molecule has 1 atom stereocenters. The van der Waals surface area contributed by atoms with E-state index in [1.807, 2.05) is 0 Å². The minimum Gasteiger partial charge on any atom is -0.170 e. The molecule has 0 amide bonds. The van der Waals surface area contributed by atoms with E-state index in [1.165, 1.54) is 22.6 Å². The summed E-state index contributed by atoms with van der Waals surface area (Å²) < 4.78 is 34.1. The predicted molar refractivity (Wildman–Crippen MR) is 36.6 cm³/mol. The number of hydrogen-bond donors (Lipinski definition) is 0. The molecular weight excluding hydrogens is 244 g/mol. The molecule has 1 aliphatic carbocycles. The third kappa shape index (κ3) is 1.98. The molecule has 0 unspecified atom stereocenters. The zero-order valence-corrected chi connectivity index (χ0v) is 6.74. The first kappa shape index (κ1) is 7.63. The van der Waals surface area contributed by atoms with Crippen LogP contribution in [0.2, 0.25) is 0 Å². The van der Waals surface area contributed by atoms with Crippen LogP contribution in [0.25, 0.3) is 0 Å². The van der Waals surface area contributed by atoms with Crippen LogP contribution in [0.3, 0.4) is 0 Å². The summed E-state index contributed by atoms with van der Waals surface area (Å²) in [6, 6.07) is 0. The van der Waals surface area contributed by atoms with Crippen LogP contribution in [0.1, 0.15) is 12.8 Å². The van der Waals surface area contributed by atoms with Crippen LogP contribution in [0.5, 0.6) is 0 Å². The Morgan fingerprint density at radius 3 is 1.89 bits per heavy atom. The lowest BCUT2D eigenvalue weighted by atomic mass is 10.3. The third-order valence-electron chi connectivity index (χ3n) is 1.35. The molecule has 0 aromatic heterocycles. The van der Waals surface area contributed by atoms with Crippen LogP contribution < -0.4 is 0 Å². The summed E-state index contributed by atoms with van der Waals surface area (Å²) in [6.07, 6.45) is -2.46. The lowest BCUT2D eigenvalue weighted by Crippen LogP contribution is -2.24. The normalized spacial score (nSPS) is 24.0. The fourth-order valence-corrected chi connectivity index (χ4v) is 1.38. The van der Waals surface area contributed by atoms with Gasteiger partial charge in [-0.25, -0.2) is 0 Å². The zero-order chi connectivity index (χ0) is 7.07. The second kappa shape index (κ2) is 2.29.